The van der Waals surface area contributed by atoms with Crippen LogP contribution in [0.25, 0.3) is 16.7 Å². The Hall–Kier alpha value is -5.97. The number of likely N-dealkylation sites (tertiary alicyclic amines) is 1. The number of imidazole rings is 1. The molecule has 3 aliphatic heterocycles. The van der Waals surface area contributed by atoms with E-state index < -0.39 is 30.0 Å². The van der Waals surface area contributed by atoms with Crippen LogP contribution in [0.1, 0.15) is 91.5 Å². The smallest absolute Gasteiger partial charge is 0.329 e. The summed E-state index contributed by atoms with van der Waals surface area (Å²) in [5, 5.41) is 16.9. The van der Waals surface area contributed by atoms with Crippen LogP contribution in [-0.4, -0.2) is 115 Å². The topological polar surface area (TPSA) is 178 Å². The van der Waals surface area contributed by atoms with Gasteiger partial charge in [0, 0.05) is 71.7 Å². The summed E-state index contributed by atoms with van der Waals surface area (Å²) >= 11 is 0. The molecule has 4 aliphatic rings. The monoisotopic (exact) mass is 852 g/mol. The Balaban J connectivity index is 0.748. The van der Waals surface area contributed by atoms with E-state index in [4.69, 9.17) is 9.72 Å². The SMILES string of the molecule is Cn1c(=O)n(C2CCC(=O)NC2=O)c2cccc(C#CCOC3CCN(C[C@H]4CC[C@H](n5cc(NC(=O)c6cnn7ccc(N8CCNCC8)nc67)c(C(F)F)n5)CC4)CC3)c21. The van der Waals surface area contributed by atoms with E-state index in [0.29, 0.717) is 28.2 Å². The number of aryl methyl sites for hydroxylation is 1. The number of nitrogens with zero attached hydrogens (tertiary/aromatic N) is 9. The van der Waals surface area contributed by atoms with Gasteiger partial charge in [-0.3, -0.25) is 33.5 Å². The number of carbonyl (C=O) groups is 3. The molecule has 7 heterocycles. The summed E-state index contributed by atoms with van der Waals surface area (Å²) in [6.07, 6.45) is 7.62. The highest BCUT2D eigenvalue weighted by Gasteiger charge is 2.32. The van der Waals surface area contributed by atoms with Gasteiger partial charge in [0.2, 0.25) is 11.8 Å². The first-order chi connectivity index (χ1) is 30.1. The molecule has 3 N–H and O–H groups in total. The molecule has 3 saturated heterocycles. The minimum Gasteiger partial charge on any atom is -0.365 e. The second kappa shape index (κ2) is 17.8. The number of ether oxygens (including phenoxy) is 1. The van der Waals surface area contributed by atoms with Gasteiger partial charge in [0.25, 0.3) is 12.3 Å². The van der Waals surface area contributed by atoms with Gasteiger partial charge in [0.1, 0.15) is 24.0 Å². The predicted molar refractivity (Wildman–Crippen MR) is 225 cm³/mol. The zero-order valence-electron chi connectivity index (χ0n) is 34.6. The third-order valence-electron chi connectivity index (χ3n) is 12.7. The molecule has 9 rings (SSSR count). The van der Waals surface area contributed by atoms with Gasteiger partial charge in [-0.2, -0.15) is 10.2 Å². The molecule has 0 radical (unpaired) electrons. The normalized spacial score (nSPS) is 21.7. The fourth-order valence-electron chi connectivity index (χ4n) is 9.40. The van der Waals surface area contributed by atoms with Crippen molar-refractivity contribution in [3.05, 3.63) is 70.2 Å². The minimum absolute atomic E-state index is 0.00755. The molecule has 326 valence electrons. The summed E-state index contributed by atoms with van der Waals surface area (Å²) in [6, 6.07) is 6.49. The van der Waals surface area contributed by atoms with E-state index in [9.17, 15) is 28.0 Å². The average molecular weight is 853 g/mol. The lowest BCUT2D eigenvalue weighted by Crippen LogP contribution is -2.44. The van der Waals surface area contributed by atoms with Crippen LogP contribution in [0.15, 0.2) is 47.7 Å². The van der Waals surface area contributed by atoms with Crippen LogP contribution in [-0.2, 0) is 21.4 Å². The van der Waals surface area contributed by atoms with Crippen molar-refractivity contribution in [3.8, 4) is 11.8 Å². The Morgan fingerprint density at radius 2 is 1.81 bits per heavy atom. The van der Waals surface area contributed by atoms with Gasteiger partial charge >= 0.3 is 5.69 Å². The second-order valence-corrected chi connectivity index (χ2v) is 16.7. The van der Waals surface area contributed by atoms with Crippen LogP contribution in [0.3, 0.4) is 0 Å². The average Bonchev–Trinajstić information content (AvgIpc) is 3.98. The summed E-state index contributed by atoms with van der Waals surface area (Å²) in [6.45, 7) is 6.26. The summed E-state index contributed by atoms with van der Waals surface area (Å²) in [7, 11) is 1.66. The molecule has 1 unspecified atom stereocenters. The van der Waals surface area contributed by atoms with Gasteiger partial charge in [0.15, 0.2) is 11.3 Å². The maximum Gasteiger partial charge on any atom is 0.329 e. The molecule has 1 aliphatic carbocycles. The van der Waals surface area contributed by atoms with E-state index in [1.165, 1.54) is 26.0 Å². The van der Waals surface area contributed by atoms with Crippen LogP contribution in [0.2, 0.25) is 0 Å². The first-order valence-electron chi connectivity index (χ1n) is 21.5. The molecule has 3 amide bonds. The van der Waals surface area contributed by atoms with E-state index in [-0.39, 0.29) is 54.4 Å². The van der Waals surface area contributed by atoms with Crippen molar-refractivity contribution in [3.63, 3.8) is 0 Å². The molecule has 19 heteroatoms. The van der Waals surface area contributed by atoms with E-state index in [1.54, 1.807) is 24.0 Å². The number of hydrogen-bond acceptors (Lipinski definition) is 11. The van der Waals surface area contributed by atoms with Crippen molar-refractivity contribution in [1.82, 2.24) is 49.0 Å². The number of rotatable bonds is 10. The summed E-state index contributed by atoms with van der Waals surface area (Å²) in [5.74, 6) is 6.12. The van der Waals surface area contributed by atoms with E-state index in [2.05, 4.69) is 47.8 Å². The number of imide groups is 1. The Kier molecular flexibility index (Phi) is 11.9. The van der Waals surface area contributed by atoms with Gasteiger partial charge in [-0.1, -0.05) is 17.9 Å². The minimum atomic E-state index is -2.86. The zero-order chi connectivity index (χ0) is 42.9. The zero-order valence-corrected chi connectivity index (χ0v) is 34.6. The molecule has 4 fully saturated rings. The fourth-order valence-corrected chi connectivity index (χ4v) is 9.40. The van der Waals surface area contributed by atoms with Gasteiger partial charge in [-0.15, -0.1) is 0 Å². The lowest BCUT2D eigenvalue weighted by molar-refractivity contribution is -0.135. The summed E-state index contributed by atoms with van der Waals surface area (Å²) < 4.78 is 40.7. The molecule has 4 aromatic heterocycles. The fraction of sp³-hybridized carbons (Fsp3) is 0.512. The third-order valence-corrected chi connectivity index (χ3v) is 12.7. The largest absolute Gasteiger partial charge is 0.365 e. The maximum atomic E-state index is 14.3. The second-order valence-electron chi connectivity index (χ2n) is 16.7. The molecule has 1 aromatic carbocycles. The number of aromatic nitrogens is 7. The number of amides is 3. The van der Waals surface area contributed by atoms with Crippen LogP contribution >= 0.6 is 0 Å². The first kappa shape index (κ1) is 41.4. The molecule has 1 saturated carbocycles. The highest BCUT2D eigenvalue weighted by molar-refractivity contribution is 6.08. The number of carbonyl (C=O) groups excluding carboxylic acids is 3. The molecular weight excluding hydrogens is 803 g/mol. The Morgan fingerprint density at radius 1 is 1.02 bits per heavy atom. The number of fused-ring (bicyclic) bond motifs is 2. The number of nitrogens with one attached hydrogen (secondary N) is 3. The van der Waals surface area contributed by atoms with Crippen LogP contribution < -0.4 is 26.5 Å². The van der Waals surface area contributed by atoms with Gasteiger partial charge in [-0.25, -0.2) is 23.1 Å². The molecule has 0 bridgehead atoms. The number of alkyl halides is 2. The molecule has 62 heavy (non-hydrogen) atoms. The highest BCUT2D eigenvalue weighted by atomic mass is 19.3. The van der Waals surface area contributed by atoms with E-state index in [1.807, 2.05) is 18.2 Å². The molecule has 17 nitrogen and oxygen atoms in total. The number of piperidine rings is 2. The lowest BCUT2D eigenvalue weighted by Gasteiger charge is -2.36. The number of hydrogen-bond donors (Lipinski definition) is 3. The van der Waals surface area contributed by atoms with Crippen molar-refractivity contribution in [2.75, 3.05) is 62.6 Å². The van der Waals surface area contributed by atoms with Gasteiger partial charge < -0.3 is 25.2 Å². The predicted octanol–water partition coefficient (Wildman–Crippen LogP) is 3.42. The summed E-state index contributed by atoms with van der Waals surface area (Å²) in [5.41, 5.74) is 1.64. The van der Waals surface area contributed by atoms with E-state index in [0.717, 1.165) is 90.2 Å². The molecule has 0 spiro atoms. The molecular formula is C43H50F2N12O5. The quantitative estimate of drug-likeness (QED) is 0.139. The third kappa shape index (κ3) is 8.46. The standard InChI is InChI=1S/C43H50F2N12O5/c1-52-38-28(4-2-6-33(38)57(43(52)61)34-11-12-36(58)50-42(34)60)5-3-23-62-30-13-18-53(19-14-30)25-27-7-9-29(10-8-27)56-26-32(37(51-56)39(44)45)48-41(59)31-24-47-55-20-15-35(49-40(31)55)54-21-16-46-17-22-54/h2,4,6,15,20,24,26-27,29-30,34,39,46H,7-14,16-19,21-23,25H2,1H3,(H,48,59)(H,50,58,60)/t27-,29-,34?. The Labute approximate surface area is 355 Å². The Bertz CT molecular complexity index is 2600. The van der Waals surface area contributed by atoms with E-state index >= 15 is 0 Å². The van der Waals surface area contributed by atoms with Crippen molar-refractivity contribution in [2.45, 2.75) is 76.0 Å². The van der Waals surface area contributed by atoms with Gasteiger partial charge in [0.05, 0.1) is 40.6 Å². The highest BCUT2D eigenvalue weighted by Crippen LogP contribution is 2.36. The van der Waals surface area contributed by atoms with Crippen molar-refractivity contribution >= 4 is 45.9 Å². The number of benzene rings is 1. The Morgan fingerprint density at radius 3 is 2.56 bits per heavy atom. The molecule has 5 aromatic rings. The van der Waals surface area contributed by atoms with Gasteiger partial charge in [-0.05, 0) is 69.1 Å². The number of anilines is 2. The first-order valence-corrected chi connectivity index (χ1v) is 21.5. The molecule has 1 atom stereocenters. The number of para-hydroxylation sites is 1. The summed E-state index contributed by atoms with van der Waals surface area (Å²) in [4.78, 5) is 60.3. The van der Waals surface area contributed by atoms with Crippen LogP contribution in [0.5, 0.6) is 0 Å². The number of halogens is 2. The maximum absolute atomic E-state index is 14.3. The lowest BCUT2D eigenvalue weighted by atomic mass is 9.85. The van der Waals surface area contributed by atoms with Crippen molar-refractivity contribution in [1.29, 1.82) is 0 Å². The number of piperazine rings is 1. The van der Waals surface area contributed by atoms with Crippen LogP contribution in [0, 0.1) is 17.8 Å². The van der Waals surface area contributed by atoms with Crippen molar-refractivity contribution in [2.24, 2.45) is 13.0 Å². The van der Waals surface area contributed by atoms with Crippen LogP contribution in [0.4, 0.5) is 20.3 Å². The van der Waals surface area contributed by atoms with Crippen molar-refractivity contribution < 1.29 is 27.9 Å².